The van der Waals surface area contributed by atoms with E-state index in [1.54, 1.807) is 23.6 Å². The van der Waals surface area contributed by atoms with Crippen molar-refractivity contribution in [3.8, 4) is 5.75 Å². The number of hydrogen-bond acceptors (Lipinski definition) is 4. The van der Waals surface area contributed by atoms with E-state index in [-0.39, 0.29) is 5.91 Å². The molecular formula is C19H19BrN2O2S. The van der Waals surface area contributed by atoms with Crippen LogP contribution in [0.3, 0.4) is 0 Å². The van der Waals surface area contributed by atoms with Gasteiger partial charge >= 0.3 is 0 Å². The predicted octanol–water partition coefficient (Wildman–Crippen LogP) is 4.79. The first-order chi connectivity index (χ1) is 12.0. The van der Waals surface area contributed by atoms with Crippen LogP contribution < -0.4 is 4.74 Å². The van der Waals surface area contributed by atoms with E-state index in [0.29, 0.717) is 12.3 Å². The molecule has 0 radical (unpaired) electrons. The molecule has 0 saturated carbocycles. The average molecular weight is 419 g/mol. The van der Waals surface area contributed by atoms with Gasteiger partial charge in [0, 0.05) is 16.8 Å². The number of rotatable bonds is 4. The van der Waals surface area contributed by atoms with Gasteiger partial charge in [-0.2, -0.15) is 0 Å². The highest BCUT2D eigenvalue weighted by Crippen LogP contribution is 2.26. The fourth-order valence-electron chi connectivity index (χ4n) is 2.48. The Bertz CT molecular complexity index is 792. The minimum absolute atomic E-state index is 0.0692. The molecule has 2 aromatic rings. The normalized spacial score (nSPS) is 16.9. The van der Waals surface area contributed by atoms with Gasteiger partial charge in [0.1, 0.15) is 5.75 Å². The van der Waals surface area contributed by atoms with Gasteiger partial charge in [0.25, 0.3) is 5.91 Å². The topological polar surface area (TPSA) is 41.9 Å². The minimum atomic E-state index is -0.568. The highest BCUT2D eigenvalue weighted by Gasteiger charge is 2.30. The lowest BCUT2D eigenvalue weighted by Gasteiger charge is -2.21. The van der Waals surface area contributed by atoms with Gasteiger partial charge in [0.2, 0.25) is 0 Å². The van der Waals surface area contributed by atoms with Gasteiger partial charge in [0.05, 0.1) is 5.69 Å². The Morgan fingerprint density at radius 3 is 2.68 bits per heavy atom. The van der Waals surface area contributed by atoms with Crippen LogP contribution in [0.5, 0.6) is 5.75 Å². The Morgan fingerprint density at radius 1 is 1.24 bits per heavy atom. The number of amidine groups is 1. The number of carbonyl (C=O) groups is 1. The zero-order chi connectivity index (χ0) is 17.8. The number of aliphatic imine (C=N–C) groups is 1. The Kier molecular flexibility index (Phi) is 5.81. The quantitative estimate of drug-likeness (QED) is 0.716. The Hall–Kier alpha value is -1.79. The Balaban J connectivity index is 1.74. The lowest BCUT2D eigenvalue weighted by Crippen LogP contribution is -2.41. The fraction of sp³-hybridized carbons (Fsp3) is 0.263. The van der Waals surface area contributed by atoms with Crippen molar-refractivity contribution >= 4 is 44.5 Å². The third kappa shape index (κ3) is 4.44. The minimum Gasteiger partial charge on any atom is -0.481 e. The van der Waals surface area contributed by atoms with Crippen LogP contribution in [0.1, 0.15) is 12.5 Å². The van der Waals surface area contributed by atoms with Crippen LogP contribution >= 0.6 is 27.7 Å². The van der Waals surface area contributed by atoms with E-state index < -0.39 is 6.10 Å². The number of amides is 1. The van der Waals surface area contributed by atoms with Crippen LogP contribution in [0.4, 0.5) is 5.69 Å². The number of nitrogens with zero attached hydrogens (tertiary/aromatic N) is 2. The summed E-state index contributed by atoms with van der Waals surface area (Å²) < 4.78 is 6.76. The van der Waals surface area contributed by atoms with Gasteiger partial charge in [-0.1, -0.05) is 45.9 Å². The summed E-state index contributed by atoms with van der Waals surface area (Å²) in [6, 6.07) is 15.4. The number of hydrogen-bond donors (Lipinski definition) is 0. The lowest BCUT2D eigenvalue weighted by atomic mass is 10.2. The molecule has 4 nitrogen and oxygen atoms in total. The summed E-state index contributed by atoms with van der Waals surface area (Å²) in [4.78, 5) is 19.2. The molecule has 2 aromatic carbocycles. The number of ether oxygens (including phenoxy) is 1. The molecule has 0 N–H and O–H groups in total. The number of benzene rings is 2. The van der Waals surface area contributed by atoms with Gasteiger partial charge in [-0.15, -0.1) is 0 Å². The zero-order valence-corrected chi connectivity index (χ0v) is 16.5. The summed E-state index contributed by atoms with van der Waals surface area (Å²) >= 11 is 4.99. The largest absolute Gasteiger partial charge is 0.481 e. The highest BCUT2D eigenvalue weighted by molar-refractivity contribution is 9.10. The van der Waals surface area contributed by atoms with E-state index in [4.69, 9.17) is 4.74 Å². The van der Waals surface area contributed by atoms with E-state index in [1.807, 2.05) is 55.5 Å². The number of thioether (sulfide) groups is 1. The van der Waals surface area contributed by atoms with Crippen molar-refractivity contribution in [1.29, 1.82) is 0 Å². The predicted molar refractivity (Wildman–Crippen MR) is 107 cm³/mol. The van der Waals surface area contributed by atoms with Crippen LogP contribution in [0.2, 0.25) is 0 Å². The maximum atomic E-state index is 12.8. The van der Waals surface area contributed by atoms with Crippen LogP contribution in [-0.2, 0) is 4.79 Å². The van der Waals surface area contributed by atoms with Gasteiger partial charge in [0.15, 0.2) is 11.3 Å². The lowest BCUT2D eigenvalue weighted by molar-refractivity contribution is -0.133. The molecule has 0 aliphatic carbocycles. The van der Waals surface area contributed by atoms with Crippen LogP contribution in [0.25, 0.3) is 0 Å². The van der Waals surface area contributed by atoms with Crippen LogP contribution in [0.15, 0.2) is 58.0 Å². The highest BCUT2D eigenvalue weighted by atomic mass is 79.9. The van der Waals surface area contributed by atoms with Crippen molar-refractivity contribution < 1.29 is 9.53 Å². The van der Waals surface area contributed by atoms with Gasteiger partial charge in [-0.25, -0.2) is 4.99 Å². The van der Waals surface area contributed by atoms with Gasteiger partial charge in [-0.05, 0) is 49.7 Å². The van der Waals surface area contributed by atoms with Crippen molar-refractivity contribution in [2.75, 3.05) is 12.3 Å². The number of para-hydroxylation sites is 1. The molecule has 3 rings (SSSR count). The molecule has 130 valence electrons. The Labute approximate surface area is 160 Å². The Morgan fingerprint density at radius 2 is 1.96 bits per heavy atom. The number of carbonyl (C=O) groups excluding carboxylic acids is 1. The summed E-state index contributed by atoms with van der Waals surface area (Å²) in [5.41, 5.74) is 1.99. The van der Waals surface area contributed by atoms with Crippen molar-refractivity contribution in [3.63, 3.8) is 0 Å². The second-order valence-electron chi connectivity index (χ2n) is 5.73. The first-order valence-corrected chi connectivity index (χ1v) is 9.83. The van der Waals surface area contributed by atoms with Gasteiger partial charge in [-0.3, -0.25) is 9.69 Å². The molecule has 6 heteroatoms. The van der Waals surface area contributed by atoms with E-state index in [0.717, 1.165) is 26.6 Å². The summed E-state index contributed by atoms with van der Waals surface area (Å²) in [7, 11) is 0. The summed E-state index contributed by atoms with van der Waals surface area (Å²) in [6.07, 6.45) is -0.568. The average Bonchev–Trinajstić information content (AvgIpc) is 3.06. The van der Waals surface area contributed by atoms with Crippen LogP contribution in [-0.4, -0.2) is 34.4 Å². The first-order valence-electron chi connectivity index (χ1n) is 8.05. The molecular weight excluding hydrogens is 400 g/mol. The standard InChI is InChI=1S/C19H19BrN2O2S/c1-13-5-3-4-6-17(13)21-19-22(11-12-25-19)18(23)14(2)24-16-9-7-15(20)8-10-16/h3-10,14H,11-12H2,1-2H3. The van der Waals surface area contributed by atoms with Crippen LogP contribution in [0, 0.1) is 6.92 Å². The number of aryl methyl sites for hydroxylation is 1. The van der Waals surface area contributed by atoms with E-state index >= 15 is 0 Å². The molecule has 0 spiro atoms. The molecule has 1 aliphatic rings. The maximum Gasteiger partial charge on any atom is 0.269 e. The zero-order valence-electron chi connectivity index (χ0n) is 14.1. The van der Waals surface area contributed by atoms with E-state index in [2.05, 4.69) is 20.9 Å². The number of halogens is 1. The second kappa shape index (κ2) is 8.06. The summed E-state index contributed by atoms with van der Waals surface area (Å²) in [5, 5.41) is 0.741. The van der Waals surface area contributed by atoms with E-state index in [9.17, 15) is 4.79 Å². The third-order valence-corrected chi connectivity index (χ3v) is 5.33. The van der Waals surface area contributed by atoms with Crippen molar-refractivity contribution in [2.24, 2.45) is 4.99 Å². The molecule has 1 fully saturated rings. The molecule has 1 atom stereocenters. The smallest absolute Gasteiger partial charge is 0.269 e. The third-order valence-electron chi connectivity index (χ3n) is 3.85. The SMILES string of the molecule is Cc1ccccc1N=C1SCCN1C(=O)C(C)Oc1ccc(Br)cc1. The van der Waals surface area contributed by atoms with Crippen molar-refractivity contribution in [3.05, 3.63) is 58.6 Å². The van der Waals surface area contributed by atoms with Gasteiger partial charge < -0.3 is 4.74 Å². The fourth-order valence-corrected chi connectivity index (χ4v) is 3.70. The van der Waals surface area contributed by atoms with E-state index in [1.165, 1.54) is 0 Å². The maximum absolute atomic E-state index is 12.8. The molecule has 1 heterocycles. The summed E-state index contributed by atoms with van der Waals surface area (Å²) in [5.74, 6) is 1.45. The molecule has 1 amide bonds. The van der Waals surface area contributed by atoms with Crippen molar-refractivity contribution in [2.45, 2.75) is 20.0 Å². The molecule has 1 saturated heterocycles. The second-order valence-corrected chi connectivity index (χ2v) is 7.71. The summed E-state index contributed by atoms with van der Waals surface area (Å²) in [6.45, 7) is 4.45. The molecule has 0 aromatic heterocycles. The molecule has 0 bridgehead atoms. The molecule has 1 aliphatic heterocycles. The van der Waals surface area contributed by atoms with Crippen molar-refractivity contribution in [1.82, 2.24) is 4.90 Å². The first kappa shape index (κ1) is 18.0. The molecule has 25 heavy (non-hydrogen) atoms. The monoisotopic (exact) mass is 418 g/mol. The molecule has 1 unspecified atom stereocenters.